The Kier molecular flexibility index (Phi) is 5.35. The molecule has 0 saturated carbocycles. The van der Waals surface area contributed by atoms with E-state index in [1.54, 1.807) is 0 Å². The Labute approximate surface area is 120 Å². The topological polar surface area (TPSA) is 80.5 Å². The summed E-state index contributed by atoms with van der Waals surface area (Å²) in [6, 6.07) is 4.05. The van der Waals surface area contributed by atoms with Crippen molar-refractivity contribution in [3.05, 3.63) is 35.4 Å². The summed E-state index contributed by atoms with van der Waals surface area (Å²) in [5, 5.41) is 0. The minimum Gasteiger partial charge on any atom is -0.369 e. The Morgan fingerprint density at radius 2 is 1.95 bits per heavy atom. The summed E-state index contributed by atoms with van der Waals surface area (Å²) in [5.74, 6) is -1.46. The molecule has 0 aliphatic heterocycles. The molecule has 0 radical (unpaired) electrons. The number of alkyl halides is 3. The molecule has 1 rings (SSSR count). The van der Waals surface area contributed by atoms with Gasteiger partial charge in [-0.2, -0.15) is 17.5 Å². The first-order valence-corrected chi connectivity index (χ1v) is 7.59. The molecular weight excluding hydrogens is 309 g/mol. The van der Waals surface area contributed by atoms with E-state index in [0.717, 1.165) is 22.5 Å². The lowest BCUT2D eigenvalue weighted by molar-refractivity contribution is -0.137. The second-order valence-corrected chi connectivity index (χ2v) is 6.32. The number of carbonyl (C=O) groups is 1. The lowest BCUT2D eigenvalue weighted by atomic mass is 10.1. The molecular formula is C12H15F3N2O3S. The van der Waals surface area contributed by atoms with E-state index >= 15 is 0 Å². The Morgan fingerprint density at radius 3 is 2.43 bits per heavy atom. The normalized spacial score (nSPS) is 12.6. The first-order chi connectivity index (χ1) is 9.56. The van der Waals surface area contributed by atoms with Gasteiger partial charge in [-0.05, 0) is 11.6 Å². The molecule has 1 aromatic carbocycles. The van der Waals surface area contributed by atoms with E-state index in [4.69, 9.17) is 5.73 Å². The number of hydrogen-bond donors (Lipinski definition) is 1. The maximum Gasteiger partial charge on any atom is 0.416 e. The summed E-state index contributed by atoms with van der Waals surface area (Å²) in [4.78, 5) is 10.8. The molecule has 5 nitrogen and oxygen atoms in total. The van der Waals surface area contributed by atoms with Gasteiger partial charge in [0, 0.05) is 6.54 Å². The molecule has 0 spiro atoms. The summed E-state index contributed by atoms with van der Waals surface area (Å²) in [7, 11) is -3.92. The highest BCUT2D eigenvalue weighted by Gasteiger charge is 2.31. The van der Waals surface area contributed by atoms with Crippen molar-refractivity contribution in [1.29, 1.82) is 0 Å². The number of nitrogens with two attached hydrogens (primary N) is 1. The zero-order valence-electron chi connectivity index (χ0n) is 11.2. The molecule has 0 unspecified atom stereocenters. The van der Waals surface area contributed by atoms with Gasteiger partial charge in [-0.15, -0.1) is 0 Å². The first kappa shape index (κ1) is 17.4. The fourth-order valence-corrected chi connectivity index (χ4v) is 3.22. The molecule has 0 aromatic heterocycles. The van der Waals surface area contributed by atoms with Gasteiger partial charge in [-0.3, -0.25) is 4.79 Å². The highest BCUT2D eigenvalue weighted by atomic mass is 32.2. The molecule has 1 aromatic rings. The highest BCUT2D eigenvalue weighted by molar-refractivity contribution is 7.88. The SMILES string of the molecule is CCN(CC(N)=O)S(=O)(=O)Cc1cccc(C(F)(F)F)c1. The van der Waals surface area contributed by atoms with Crippen molar-refractivity contribution >= 4 is 15.9 Å². The van der Waals surface area contributed by atoms with Crippen LogP contribution in [0.15, 0.2) is 24.3 Å². The Hall–Kier alpha value is -1.61. The zero-order chi connectivity index (χ0) is 16.3. The third-order valence-corrected chi connectivity index (χ3v) is 4.55. The molecule has 118 valence electrons. The first-order valence-electron chi connectivity index (χ1n) is 5.98. The number of rotatable bonds is 6. The number of likely N-dealkylation sites (N-methyl/N-ethyl adjacent to an activating group) is 1. The monoisotopic (exact) mass is 324 g/mol. The van der Waals surface area contributed by atoms with Crippen LogP contribution in [0.25, 0.3) is 0 Å². The van der Waals surface area contributed by atoms with Gasteiger partial charge in [-0.25, -0.2) is 8.42 Å². The predicted octanol–water partition coefficient (Wildman–Crippen LogP) is 1.34. The minimum absolute atomic E-state index is 0.00420. The summed E-state index contributed by atoms with van der Waals surface area (Å²) >= 11 is 0. The lowest BCUT2D eigenvalue weighted by Crippen LogP contribution is -2.38. The average Bonchev–Trinajstić information content (AvgIpc) is 2.34. The van der Waals surface area contributed by atoms with Crippen molar-refractivity contribution in [2.45, 2.75) is 18.9 Å². The van der Waals surface area contributed by atoms with Crippen LogP contribution >= 0.6 is 0 Å². The van der Waals surface area contributed by atoms with E-state index < -0.39 is 40.0 Å². The molecule has 1 amide bonds. The van der Waals surface area contributed by atoms with Crippen LogP contribution in [0.2, 0.25) is 0 Å². The van der Waals surface area contributed by atoms with Gasteiger partial charge in [0.2, 0.25) is 15.9 Å². The second kappa shape index (κ2) is 6.44. The van der Waals surface area contributed by atoms with E-state index in [9.17, 15) is 26.4 Å². The van der Waals surface area contributed by atoms with Crippen LogP contribution in [0.3, 0.4) is 0 Å². The Balaban J connectivity index is 3.01. The zero-order valence-corrected chi connectivity index (χ0v) is 12.0. The molecule has 9 heteroatoms. The lowest BCUT2D eigenvalue weighted by Gasteiger charge is -2.19. The molecule has 0 fully saturated rings. The largest absolute Gasteiger partial charge is 0.416 e. The number of hydrogen-bond acceptors (Lipinski definition) is 3. The minimum atomic E-state index is -4.54. The smallest absolute Gasteiger partial charge is 0.369 e. The van der Waals surface area contributed by atoms with Crippen LogP contribution < -0.4 is 5.73 Å². The molecule has 0 atom stereocenters. The van der Waals surface area contributed by atoms with Gasteiger partial charge in [0.25, 0.3) is 0 Å². The van der Waals surface area contributed by atoms with Gasteiger partial charge < -0.3 is 5.73 Å². The Bertz CT molecular complexity index is 614. The second-order valence-electron chi connectivity index (χ2n) is 4.35. The fraction of sp³-hybridized carbons (Fsp3) is 0.417. The van der Waals surface area contributed by atoms with Crippen molar-refractivity contribution in [1.82, 2.24) is 4.31 Å². The number of benzene rings is 1. The van der Waals surface area contributed by atoms with E-state index in [0.29, 0.717) is 0 Å². The summed E-state index contributed by atoms with van der Waals surface area (Å²) < 4.78 is 62.7. The number of halogens is 3. The third-order valence-electron chi connectivity index (χ3n) is 2.68. The quantitative estimate of drug-likeness (QED) is 0.857. The van der Waals surface area contributed by atoms with E-state index in [-0.39, 0.29) is 12.1 Å². The van der Waals surface area contributed by atoms with Gasteiger partial charge in [-0.1, -0.05) is 25.1 Å². The van der Waals surface area contributed by atoms with Crippen LogP contribution in [0.4, 0.5) is 13.2 Å². The molecule has 0 bridgehead atoms. The van der Waals surface area contributed by atoms with Gasteiger partial charge in [0.1, 0.15) is 0 Å². The van der Waals surface area contributed by atoms with Crippen molar-refractivity contribution < 1.29 is 26.4 Å². The van der Waals surface area contributed by atoms with E-state index in [2.05, 4.69) is 0 Å². The van der Waals surface area contributed by atoms with Crippen LogP contribution in [0.5, 0.6) is 0 Å². The third kappa shape index (κ3) is 5.01. The molecule has 2 N–H and O–H groups in total. The van der Waals surface area contributed by atoms with Crippen molar-refractivity contribution in [3.8, 4) is 0 Å². The molecule has 0 heterocycles. The Morgan fingerprint density at radius 1 is 1.33 bits per heavy atom. The number of sulfonamides is 1. The molecule has 0 aliphatic carbocycles. The number of amides is 1. The van der Waals surface area contributed by atoms with Gasteiger partial charge in [0.15, 0.2) is 0 Å². The van der Waals surface area contributed by atoms with Gasteiger partial charge in [0.05, 0.1) is 17.9 Å². The highest BCUT2D eigenvalue weighted by Crippen LogP contribution is 2.30. The molecule has 0 aliphatic rings. The predicted molar refractivity (Wildman–Crippen MR) is 70.5 cm³/mol. The van der Waals surface area contributed by atoms with Gasteiger partial charge >= 0.3 is 6.18 Å². The van der Waals surface area contributed by atoms with E-state index in [1.807, 2.05) is 0 Å². The standard InChI is InChI=1S/C12H15F3N2O3S/c1-2-17(7-11(16)18)21(19,20)8-9-4-3-5-10(6-9)12(13,14)15/h3-6H,2,7-8H2,1H3,(H2,16,18). The van der Waals surface area contributed by atoms with Crippen LogP contribution in [0.1, 0.15) is 18.1 Å². The average molecular weight is 324 g/mol. The maximum atomic E-state index is 12.6. The summed E-state index contributed by atoms with van der Waals surface area (Å²) in [6.07, 6.45) is -4.54. The number of carbonyl (C=O) groups excluding carboxylic acids is 1. The van der Waals surface area contributed by atoms with Crippen LogP contribution in [-0.2, 0) is 26.7 Å². The van der Waals surface area contributed by atoms with E-state index in [1.165, 1.54) is 13.0 Å². The van der Waals surface area contributed by atoms with Crippen molar-refractivity contribution in [2.75, 3.05) is 13.1 Å². The van der Waals surface area contributed by atoms with Crippen molar-refractivity contribution in [3.63, 3.8) is 0 Å². The maximum absolute atomic E-state index is 12.6. The van der Waals surface area contributed by atoms with Crippen LogP contribution in [-0.4, -0.2) is 31.7 Å². The number of primary amides is 1. The van der Waals surface area contributed by atoms with Crippen molar-refractivity contribution in [2.24, 2.45) is 5.73 Å². The van der Waals surface area contributed by atoms with Crippen LogP contribution in [0, 0.1) is 0 Å². The molecule has 21 heavy (non-hydrogen) atoms. The fourth-order valence-electron chi connectivity index (χ4n) is 1.72. The number of nitrogens with zero attached hydrogens (tertiary/aromatic N) is 1. The summed E-state index contributed by atoms with van der Waals surface area (Å²) in [6.45, 7) is 1.01. The summed E-state index contributed by atoms with van der Waals surface area (Å²) in [5.41, 5.74) is 4.02. The molecule has 0 saturated heterocycles.